The predicted molar refractivity (Wildman–Crippen MR) is 108 cm³/mol. The lowest BCUT2D eigenvalue weighted by atomic mass is 10.2. The number of hydrogen-bond acceptors (Lipinski definition) is 5. The zero-order valence-corrected chi connectivity index (χ0v) is 17.3. The maximum atomic E-state index is 12.6. The van der Waals surface area contributed by atoms with Gasteiger partial charge in [-0.3, -0.25) is 9.52 Å². The van der Waals surface area contributed by atoms with Crippen LogP contribution in [0.5, 0.6) is 11.5 Å². The van der Waals surface area contributed by atoms with Crippen molar-refractivity contribution in [2.75, 3.05) is 18.4 Å². The molecule has 152 valence electrons. The second-order valence-electron chi connectivity index (χ2n) is 6.43. The Morgan fingerprint density at radius 2 is 1.82 bits per heavy atom. The van der Waals surface area contributed by atoms with E-state index in [1.807, 2.05) is 13.8 Å². The minimum absolute atomic E-state index is 0.0775. The lowest BCUT2D eigenvalue weighted by molar-refractivity contribution is -0.123. The van der Waals surface area contributed by atoms with Crippen LogP contribution in [-0.4, -0.2) is 34.1 Å². The topological polar surface area (TPSA) is 93.7 Å². The third-order valence-corrected chi connectivity index (χ3v) is 5.56. The molecule has 0 aromatic heterocycles. The molecule has 0 heterocycles. The Hall–Kier alpha value is -2.74. The number of ether oxygens (including phenoxy) is 2. The summed E-state index contributed by atoms with van der Waals surface area (Å²) in [5.41, 5.74) is 1.05. The van der Waals surface area contributed by atoms with Crippen LogP contribution in [0.3, 0.4) is 0 Å². The molecule has 7 nitrogen and oxygen atoms in total. The molecule has 0 radical (unpaired) electrons. The Bertz CT molecular complexity index is 911. The average molecular weight is 407 g/mol. The van der Waals surface area contributed by atoms with Gasteiger partial charge in [-0.15, -0.1) is 0 Å². The molecule has 0 aliphatic rings. The number of amides is 1. The number of carbonyl (C=O) groups is 1. The molecule has 0 saturated heterocycles. The van der Waals surface area contributed by atoms with Crippen molar-refractivity contribution < 1.29 is 22.7 Å². The van der Waals surface area contributed by atoms with E-state index >= 15 is 0 Å². The van der Waals surface area contributed by atoms with Gasteiger partial charge in [-0.25, -0.2) is 8.42 Å². The molecule has 28 heavy (non-hydrogen) atoms. The summed E-state index contributed by atoms with van der Waals surface area (Å²) in [6.07, 6.45) is 0.832. The quantitative estimate of drug-likeness (QED) is 0.667. The van der Waals surface area contributed by atoms with Gasteiger partial charge in [0.15, 0.2) is 6.61 Å². The lowest BCUT2D eigenvalue weighted by Gasteiger charge is -2.14. The van der Waals surface area contributed by atoms with Crippen LogP contribution in [0.15, 0.2) is 47.4 Å². The van der Waals surface area contributed by atoms with Crippen molar-refractivity contribution in [1.82, 2.24) is 5.32 Å². The van der Waals surface area contributed by atoms with Crippen LogP contribution >= 0.6 is 0 Å². The minimum atomic E-state index is -3.75. The van der Waals surface area contributed by atoms with Crippen LogP contribution < -0.4 is 19.5 Å². The van der Waals surface area contributed by atoms with Crippen LogP contribution in [0.25, 0.3) is 0 Å². The molecule has 2 rings (SSSR count). The fourth-order valence-corrected chi connectivity index (χ4v) is 3.53. The monoisotopic (exact) mass is 406 g/mol. The molecule has 8 heteroatoms. The Labute approximate surface area is 166 Å². The molecule has 2 N–H and O–H groups in total. The molecule has 2 aromatic carbocycles. The number of hydrogen-bond donors (Lipinski definition) is 2. The second-order valence-corrected chi connectivity index (χ2v) is 8.11. The summed E-state index contributed by atoms with van der Waals surface area (Å²) in [6.45, 7) is 5.50. The molecule has 0 fully saturated rings. The van der Waals surface area contributed by atoms with Crippen molar-refractivity contribution in [2.45, 2.75) is 38.1 Å². The highest BCUT2D eigenvalue weighted by Crippen LogP contribution is 2.24. The molecular formula is C20H26N2O5S. The van der Waals surface area contributed by atoms with E-state index < -0.39 is 10.0 Å². The molecule has 0 bridgehead atoms. The molecule has 0 aliphatic heterocycles. The SMILES string of the molecule is CC[C@H](C)NC(=O)COc1ccc(S(=O)(=O)Nc2ccc(OC)cc2)cc1C. The van der Waals surface area contributed by atoms with Crippen LogP contribution in [0.2, 0.25) is 0 Å². The molecule has 1 atom stereocenters. The van der Waals surface area contributed by atoms with Gasteiger partial charge < -0.3 is 14.8 Å². The summed E-state index contributed by atoms with van der Waals surface area (Å²) in [4.78, 5) is 11.9. The van der Waals surface area contributed by atoms with Gasteiger partial charge in [0.2, 0.25) is 0 Å². The number of anilines is 1. The first kappa shape index (κ1) is 21.6. The van der Waals surface area contributed by atoms with E-state index in [0.29, 0.717) is 22.7 Å². The normalized spacial score (nSPS) is 12.1. The van der Waals surface area contributed by atoms with E-state index in [1.165, 1.54) is 12.1 Å². The van der Waals surface area contributed by atoms with Crippen molar-refractivity contribution in [2.24, 2.45) is 0 Å². The van der Waals surface area contributed by atoms with Gasteiger partial charge in [-0.05, 0) is 68.3 Å². The van der Waals surface area contributed by atoms with Crippen LogP contribution in [0.4, 0.5) is 5.69 Å². The number of sulfonamides is 1. The van der Waals surface area contributed by atoms with Gasteiger partial charge in [0.25, 0.3) is 15.9 Å². The smallest absolute Gasteiger partial charge is 0.261 e. The fraction of sp³-hybridized carbons (Fsp3) is 0.350. The van der Waals surface area contributed by atoms with Crippen LogP contribution in [0.1, 0.15) is 25.8 Å². The van der Waals surface area contributed by atoms with Gasteiger partial charge in [-0.1, -0.05) is 6.92 Å². The first-order valence-electron chi connectivity index (χ1n) is 8.95. The Morgan fingerprint density at radius 3 is 2.39 bits per heavy atom. The summed E-state index contributed by atoms with van der Waals surface area (Å²) < 4.78 is 38.3. The molecule has 0 saturated carbocycles. The fourth-order valence-electron chi connectivity index (χ4n) is 2.39. The maximum Gasteiger partial charge on any atom is 0.261 e. The van der Waals surface area contributed by atoms with E-state index in [1.54, 1.807) is 44.4 Å². The van der Waals surface area contributed by atoms with Crippen molar-refractivity contribution in [3.8, 4) is 11.5 Å². The zero-order chi connectivity index (χ0) is 20.7. The van der Waals surface area contributed by atoms with E-state index in [-0.39, 0.29) is 23.5 Å². The molecule has 1 amide bonds. The summed E-state index contributed by atoms with van der Waals surface area (Å²) in [7, 11) is -2.21. The maximum absolute atomic E-state index is 12.6. The van der Waals surface area contributed by atoms with E-state index in [9.17, 15) is 13.2 Å². The third kappa shape index (κ3) is 5.88. The van der Waals surface area contributed by atoms with Crippen LogP contribution in [-0.2, 0) is 14.8 Å². The van der Waals surface area contributed by atoms with Gasteiger partial charge in [0, 0.05) is 11.7 Å². The molecule has 0 spiro atoms. The summed E-state index contributed by atoms with van der Waals surface area (Å²) in [5.74, 6) is 0.881. The van der Waals surface area contributed by atoms with E-state index in [2.05, 4.69) is 10.0 Å². The van der Waals surface area contributed by atoms with Crippen LogP contribution in [0, 0.1) is 6.92 Å². The van der Waals surface area contributed by atoms with Crippen molar-refractivity contribution in [3.05, 3.63) is 48.0 Å². The molecule has 0 aliphatic carbocycles. The van der Waals surface area contributed by atoms with Crippen molar-refractivity contribution in [1.29, 1.82) is 0 Å². The number of rotatable bonds is 9. The first-order valence-corrected chi connectivity index (χ1v) is 10.4. The van der Waals surface area contributed by atoms with Crippen molar-refractivity contribution >= 4 is 21.6 Å². The molecule has 2 aromatic rings. The molecule has 0 unspecified atom stereocenters. The number of nitrogens with one attached hydrogen (secondary N) is 2. The highest BCUT2D eigenvalue weighted by Gasteiger charge is 2.16. The van der Waals surface area contributed by atoms with Gasteiger partial charge in [-0.2, -0.15) is 0 Å². The zero-order valence-electron chi connectivity index (χ0n) is 16.5. The highest BCUT2D eigenvalue weighted by molar-refractivity contribution is 7.92. The minimum Gasteiger partial charge on any atom is -0.497 e. The van der Waals surface area contributed by atoms with E-state index in [0.717, 1.165) is 6.42 Å². The molecular weight excluding hydrogens is 380 g/mol. The summed E-state index contributed by atoms with van der Waals surface area (Å²) >= 11 is 0. The average Bonchev–Trinajstić information content (AvgIpc) is 2.67. The number of methoxy groups -OCH3 is 1. The lowest BCUT2D eigenvalue weighted by Crippen LogP contribution is -2.35. The largest absolute Gasteiger partial charge is 0.497 e. The third-order valence-electron chi connectivity index (χ3n) is 4.18. The predicted octanol–water partition coefficient (Wildman–Crippen LogP) is 3.10. The standard InChI is InChI=1S/C20H26N2O5S/c1-5-15(3)21-20(23)13-27-19-11-10-18(12-14(19)2)28(24,25)22-16-6-8-17(26-4)9-7-16/h6-12,15,22H,5,13H2,1-4H3,(H,21,23)/t15-/m0/s1. The Kier molecular flexibility index (Phi) is 7.28. The number of carbonyl (C=O) groups excluding carboxylic acids is 1. The summed E-state index contributed by atoms with van der Waals surface area (Å²) in [5, 5.41) is 2.81. The van der Waals surface area contributed by atoms with Gasteiger partial charge in [0.1, 0.15) is 11.5 Å². The number of benzene rings is 2. The Morgan fingerprint density at radius 1 is 1.14 bits per heavy atom. The van der Waals surface area contributed by atoms with E-state index in [4.69, 9.17) is 9.47 Å². The second kappa shape index (κ2) is 9.45. The number of aryl methyl sites for hydroxylation is 1. The summed E-state index contributed by atoms with van der Waals surface area (Å²) in [6, 6.07) is 11.2. The highest BCUT2D eigenvalue weighted by atomic mass is 32.2. The van der Waals surface area contributed by atoms with Gasteiger partial charge in [0.05, 0.1) is 12.0 Å². The Balaban J connectivity index is 2.06. The van der Waals surface area contributed by atoms with Gasteiger partial charge >= 0.3 is 0 Å². The van der Waals surface area contributed by atoms with Crippen molar-refractivity contribution in [3.63, 3.8) is 0 Å². The first-order chi connectivity index (χ1) is 13.2.